The van der Waals surface area contributed by atoms with Crippen molar-refractivity contribution in [3.05, 3.63) is 70.5 Å². The Morgan fingerprint density at radius 3 is 2.90 bits per heavy atom. The van der Waals surface area contributed by atoms with Crippen LogP contribution in [0.25, 0.3) is 0 Å². The molecule has 2 aliphatic rings. The molecule has 0 radical (unpaired) electrons. The van der Waals surface area contributed by atoms with E-state index in [4.69, 9.17) is 15.7 Å². The lowest BCUT2D eigenvalue weighted by molar-refractivity contribution is 0.102. The number of allylic oxidation sites excluding steroid dienone is 1. The minimum atomic E-state index is -0.994. The van der Waals surface area contributed by atoms with E-state index in [1.807, 2.05) is 6.07 Å². The standard InChI is InChI=1S/C21H18FN5O2/c1-21(14-3-2-4-18(14)29-20(24)27-21)15-9-13(6-7-16(15)22)26-19(28)17-8-5-12(10-23)11-25-17/h5-9,11H,2-4H2,1H3,(H2,24,27)(H,26,28)/t21-/m0/s1. The lowest BCUT2D eigenvalue weighted by Crippen LogP contribution is -2.33. The van der Waals surface area contributed by atoms with Crippen molar-refractivity contribution in [3.63, 3.8) is 0 Å². The van der Waals surface area contributed by atoms with Gasteiger partial charge in [0, 0.05) is 29.4 Å². The first-order valence-electron chi connectivity index (χ1n) is 9.14. The smallest absolute Gasteiger partial charge is 0.288 e. The zero-order chi connectivity index (χ0) is 20.6. The maximum absolute atomic E-state index is 14.8. The van der Waals surface area contributed by atoms with Gasteiger partial charge in [-0.25, -0.2) is 14.4 Å². The molecule has 1 aromatic carbocycles. The molecule has 2 heterocycles. The van der Waals surface area contributed by atoms with Crippen LogP contribution in [0.2, 0.25) is 0 Å². The minimum absolute atomic E-state index is 0.00349. The van der Waals surface area contributed by atoms with Gasteiger partial charge in [-0.05, 0) is 50.1 Å². The molecule has 0 saturated carbocycles. The van der Waals surface area contributed by atoms with Gasteiger partial charge in [-0.2, -0.15) is 5.26 Å². The monoisotopic (exact) mass is 391 g/mol. The normalized spacial score (nSPS) is 20.4. The van der Waals surface area contributed by atoms with Crippen LogP contribution in [0.5, 0.6) is 0 Å². The second-order valence-electron chi connectivity index (χ2n) is 7.07. The van der Waals surface area contributed by atoms with Crippen LogP contribution in [0.15, 0.2) is 52.9 Å². The summed E-state index contributed by atoms with van der Waals surface area (Å²) in [6.07, 6.45) is 3.70. The van der Waals surface area contributed by atoms with Crippen molar-refractivity contribution < 1.29 is 13.9 Å². The van der Waals surface area contributed by atoms with E-state index in [9.17, 15) is 9.18 Å². The van der Waals surface area contributed by atoms with Crippen LogP contribution in [-0.2, 0) is 10.3 Å². The topological polar surface area (TPSA) is 113 Å². The minimum Gasteiger partial charge on any atom is -0.431 e. The molecule has 7 nitrogen and oxygen atoms in total. The Morgan fingerprint density at radius 1 is 1.34 bits per heavy atom. The third kappa shape index (κ3) is 3.31. The fourth-order valence-electron chi connectivity index (χ4n) is 3.77. The number of hydrogen-bond acceptors (Lipinski definition) is 6. The first kappa shape index (κ1) is 18.6. The van der Waals surface area contributed by atoms with Gasteiger partial charge in [0.25, 0.3) is 11.9 Å². The molecular formula is C21H18FN5O2. The molecule has 1 atom stereocenters. The molecule has 29 heavy (non-hydrogen) atoms. The molecule has 1 aliphatic heterocycles. The number of pyridine rings is 1. The number of carbonyl (C=O) groups is 1. The van der Waals surface area contributed by atoms with Gasteiger partial charge in [0.15, 0.2) is 0 Å². The molecule has 0 saturated heterocycles. The van der Waals surface area contributed by atoms with Crippen molar-refractivity contribution in [1.29, 1.82) is 5.26 Å². The molecule has 0 unspecified atom stereocenters. The molecule has 4 rings (SSSR count). The molecular weight excluding hydrogens is 373 g/mol. The second kappa shape index (κ2) is 7.02. The summed E-state index contributed by atoms with van der Waals surface area (Å²) in [5, 5.41) is 11.5. The lowest BCUT2D eigenvalue weighted by Gasteiger charge is -2.32. The molecule has 1 amide bonds. The van der Waals surface area contributed by atoms with Gasteiger partial charge in [-0.15, -0.1) is 0 Å². The number of hydrogen-bond donors (Lipinski definition) is 2. The molecule has 0 spiro atoms. The van der Waals surface area contributed by atoms with Crippen LogP contribution in [0.3, 0.4) is 0 Å². The number of aliphatic imine (C=N–C) groups is 1. The quantitative estimate of drug-likeness (QED) is 0.833. The van der Waals surface area contributed by atoms with Gasteiger partial charge < -0.3 is 15.8 Å². The predicted molar refractivity (Wildman–Crippen MR) is 104 cm³/mol. The van der Waals surface area contributed by atoms with Crippen molar-refractivity contribution in [2.75, 3.05) is 5.32 Å². The molecule has 1 aliphatic carbocycles. The van der Waals surface area contributed by atoms with E-state index in [1.54, 1.807) is 13.0 Å². The average molecular weight is 391 g/mol. The number of aromatic nitrogens is 1. The molecule has 2 aromatic rings. The zero-order valence-electron chi connectivity index (χ0n) is 15.7. The number of amides is 1. The summed E-state index contributed by atoms with van der Waals surface area (Å²) in [6.45, 7) is 1.80. The number of anilines is 1. The van der Waals surface area contributed by atoms with Gasteiger partial charge in [0.05, 0.1) is 5.56 Å². The average Bonchev–Trinajstić information content (AvgIpc) is 3.18. The summed E-state index contributed by atoms with van der Waals surface area (Å²) in [5.41, 5.74) is 6.97. The Bertz CT molecular complexity index is 1100. The predicted octanol–water partition coefficient (Wildman–Crippen LogP) is 3.34. The van der Waals surface area contributed by atoms with Gasteiger partial charge in [0.1, 0.15) is 28.9 Å². The highest BCUT2D eigenvalue weighted by Crippen LogP contribution is 2.46. The zero-order valence-corrected chi connectivity index (χ0v) is 15.7. The number of halogens is 1. The maximum Gasteiger partial charge on any atom is 0.288 e. The summed E-state index contributed by atoms with van der Waals surface area (Å²) in [5.74, 6) is -0.164. The van der Waals surface area contributed by atoms with Crippen LogP contribution in [0, 0.1) is 17.1 Å². The molecule has 0 bridgehead atoms. The van der Waals surface area contributed by atoms with E-state index in [1.165, 1.54) is 30.5 Å². The fraction of sp³-hybridized carbons (Fsp3) is 0.238. The number of nitrogens with one attached hydrogen (secondary N) is 1. The Kier molecular flexibility index (Phi) is 4.51. The van der Waals surface area contributed by atoms with Crippen molar-refractivity contribution in [2.24, 2.45) is 10.7 Å². The van der Waals surface area contributed by atoms with E-state index in [2.05, 4.69) is 15.3 Å². The van der Waals surface area contributed by atoms with Gasteiger partial charge in [-0.3, -0.25) is 4.79 Å². The highest BCUT2D eigenvalue weighted by atomic mass is 19.1. The number of rotatable bonds is 3. The highest BCUT2D eigenvalue weighted by molar-refractivity contribution is 6.02. The summed E-state index contributed by atoms with van der Waals surface area (Å²) < 4.78 is 20.3. The Balaban J connectivity index is 1.67. The Morgan fingerprint density at radius 2 is 2.17 bits per heavy atom. The van der Waals surface area contributed by atoms with Crippen molar-refractivity contribution in [3.8, 4) is 6.07 Å². The highest BCUT2D eigenvalue weighted by Gasteiger charge is 2.41. The number of nitrogens with two attached hydrogens (primary N) is 1. The third-order valence-electron chi connectivity index (χ3n) is 5.19. The van der Waals surface area contributed by atoms with Gasteiger partial charge in [0.2, 0.25) is 0 Å². The number of nitriles is 1. The summed E-state index contributed by atoms with van der Waals surface area (Å²) >= 11 is 0. The van der Waals surface area contributed by atoms with Crippen LogP contribution < -0.4 is 11.1 Å². The van der Waals surface area contributed by atoms with Crippen molar-refractivity contribution in [2.45, 2.75) is 31.7 Å². The number of benzene rings is 1. The third-order valence-corrected chi connectivity index (χ3v) is 5.19. The Hall–Kier alpha value is -3.73. The molecule has 1 aromatic heterocycles. The van der Waals surface area contributed by atoms with Crippen molar-refractivity contribution in [1.82, 2.24) is 4.98 Å². The summed E-state index contributed by atoms with van der Waals surface area (Å²) in [6, 6.07) is 9.23. The second-order valence-corrected chi connectivity index (χ2v) is 7.07. The van der Waals surface area contributed by atoms with E-state index in [0.717, 1.165) is 30.6 Å². The maximum atomic E-state index is 14.8. The lowest BCUT2D eigenvalue weighted by atomic mass is 9.83. The molecule has 0 fully saturated rings. The van der Waals surface area contributed by atoms with E-state index in [-0.39, 0.29) is 11.7 Å². The van der Waals surface area contributed by atoms with Gasteiger partial charge in [-0.1, -0.05) is 0 Å². The van der Waals surface area contributed by atoms with Crippen LogP contribution in [0.1, 0.15) is 47.8 Å². The van der Waals surface area contributed by atoms with Crippen molar-refractivity contribution >= 4 is 17.6 Å². The largest absolute Gasteiger partial charge is 0.431 e. The van der Waals surface area contributed by atoms with E-state index < -0.39 is 17.3 Å². The first-order valence-corrected chi connectivity index (χ1v) is 9.14. The number of carbonyl (C=O) groups excluding carboxylic acids is 1. The summed E-state index contributed by atoms with van der Waals surface area (Å²) in [7, 11) is 0. The fourth-order valence-corrected chi connectivity index (χ4v) is 3.77. The Labute approximate surface area is 166 Å². The van der Waals surface area contributed by atoms with Crippen LogP contribution >= 0.6 is 0 Å². The molecule has 146 valence electrons. The summed E-state index contributed by atoms with van der Waals surface area (Å²) in [4.78, 5) is 20.8. The van der Waals surface area contributed by atoms with E-state index >= 15 is 0 Å². The SMILES string of the molecule is C[C@]1(c2cc(NC(=O)c3ccc(C#N)cn3)ccc2F)N=C(N)OC2=C1CCC2. The van der Waals surface area contributed by atoms with Gasteiger partial charge >= 0.3 is 0 Å². The number of amidine groups is 1. The van der Waals surface area contributed by atoms with E-state index in [0.29, 0.717) is 16.8 Å². The molecule has 3 N–H and O–H groups in total. The van der Waals surface area contributed by atoms with Crippen LogP contribution in [0.4, 0.5) is 10.1 Å². The number of ether oxygens (including phenoxy) is 1. The van der Waals surface area contributed by atoms with Crippen LogP contribution in [-0.4, -0.2) is 16.9 Å². The first-order chi connectivity index (χ1) is 13.9. The molecule has 8 heteroatoms. The number of nitrogens with zero attached hydrogens (tertiary/aromatic N) is 3.